The molecule has 0 unspecified atom stereocenters. The monoisotopic (exact) mass is 357 g/mol. The average molecular weight is 358 g/mol. The van der Waals surface area contributed by atoms with Crippen molar-refractivity contribution in [2.45, 2.75) is 34.1 Å². The van der Waals surface area contributed by atoms with Crippen LogP contribution in [0.2, 0.25) is 5.02 Å². The lowest BCUT2D eigenvalue weighted by atomic mass is 9.98. The van der Waals surface area contributed by atoms with E-state index in [-0.39, 0.29) is 11.8 Å². The van der Waals surface area contributed by atoms with Crippen LogP contribution >= 0.6 is 11.6 Å². The van der Waals surface area contributed by atoms with Crippen LogP contribution in [-0.4, -0.2) is 21.4 Å². The Morgan fingerprint density at radius 1 is 1.24 bits per heavy atom. The van der Waals surface area contributed by atoms with E-state index in [2.05, 4.69) is 10.3 Å². The number of benzene rings is 1. The summed E-state index contributed by atoms with van der Waals surface area (Å²) in [5.74, 6) is 0.556. The molecule has 1 aliphatic heterocycles. The number of allylic oxidation sites excluding steroid dienone is 2. The van der Waals surface area contributed by atoms with Gasteiger partial charge in [-0.15, -0.1) is 0 Å². The summed E-state index contributed by atoms with van der Waals surface area (Å²) in [6, 6.07) is 9.38. The predicted octanol–water partition coefficient (Wildman–Crippen LogP) is 4.70. The third kappa shape index (κ3) is 3.51. The molecule has 1 aromatic heterocycles. The molecule has 25 heavy (non-hydrogen) atoms. The summed E-state index contributed by atoms with van der Waals surface area (Å²) in [6.07, 6.45) is 0.583. The largest absolute Gasteiger partial charge is 0.361 e. The lowest BCUT2D eigenvalue weighted by Crippen LogP contribution is -2.19. The summed E-state index contributed by atoms with van der Waals surface area (Å²) in [7, 11) is 0. The summed E-state index contributed by atoms with van der Waals surface area (Å²) in [5.41, 5.74) is 4.23. The van der Waals surface area contributed by atoms with Crippen molar-refractivity contribution in [1.29, 1.82) is 0 Å². The van der Waals surface area contributed by atoms with E-state index in [1.54, 1.807) is 0 Å². The SMILES string of the molecule is CC1=C(c2cc(C)n(C(=O)C(C)C)n2)CC(c2ccc(Cl)cc2)=NO1. The Hall–Kier alpha value is -2.40. The Kier molecular flexibility index (Phi) is 4.77. The van der Waals surface area contributed by atoms with Crippen LogP contribution in [0.15, 0.2) is 41.2 Å². The number of nitrogens with zero attached hydrogens (tertiary/aromatic N) is 3. The fourth-order valence-electron chi connectivity index (χ4n) is 2.66. The van der Waals surface area contributed by atoms with Crippen molar-refractivity contribution in [2.24, 2.45) is 11.1 Å². The minimum absolute atomic E-state index is 0.0228. The topological polar surface area (TPSA) is 56.5 Å². The van der Waals surface area contributed by atoms with E-state index in [9.17, 15) is 4.79 Å². The van der Waals surface area contributed by atoms with Gasteiger partial charge in [0.1, 0.15) is 5.76 Å². The Balaban J connectivity index is 1.91. The van der Waals surface area contributed by atoms with Crippen LogP contribution in [0.5, 0.6) is 0 Å². The fourth-order valence-corrected chi connectivity index (χ4v) is 2.79. The molecule has 1 aliphatic rings. The first kappa shape index (κ1) is 17.4. The molecule has 130 valence electrons. The highest BCUT2D eigenvalue weighted by Crippen LogP contribution is 2.29. The number of aromatic nitrogens is 2. The van der Waals surface area contributed by atoms with Crippen molar-refractivity contribution in [3.8, 4) is 0 Å². The molecule has 0 N–H and O–H groups in total. The first-order valence-electron chi connectivity index (χ1n) is 8.17. The molecule has 0 bridgehead atoms. The highest BCUT2D eigenvalue weighted by Gasteiger charge is 2.23. The van der Waals surface area contributed by atoms with Crippen LogP contribution in [0.25, 0.3) is 5.57 Å². The van der Waals surface area contributed by atoms with Gasteiger partial charge < -0.3 is 4.84 Å². The molecule has 0 saturated heterocycles. The molecule has 2 heterocycles. The molecule has 0 aliphatic carbocycles. The quantitative estimate of drug-likeness (QED) is 0.800. The Labute approximate surface area is 151 Å². The molecular formula is C19H20ClN3O2. The molecule has 3 rings (SSSR count). The average Bonchev–Trinajstić information content (AvgIpc) is 2.97. The Bertz CT molecular complexity index is 877. The lowest BCUT2D eigenvalue weighted by molar-refractivity contribution is 0.0835. The number of oxime groups is 1. The second kappa shape index (κ2) is 6.84. The molecular weight excluding hydrogens is 338 g/mol. The van der Waals surface area contributed by atoms with Gasteiger partial charge in [-0.25, -0.2) is 4.68 Å². The van der Waals surface area contributed by atoms with Crippen molar-refractivity contribution in [1.82, 2.24) is 9.78 Å². The van der Waals surface area contributed by atoms with Crippen molar-refractivity contribution in [3.05, 3.63) is 58.1 Å². The molecule has 2 aromatic rings. The van der Waals surface area contributed by atoms with E-state index in [4.69, 9.17) is 16.4 Å². The molecule has 0 atom stereocenters. The number of hydrogen-bond acceptors (Lipinski definition) is 4. The van der Waals surface area contributed by atoms with Crippen molar-refractivity contribution in [3.63, 3.8) is 0 Å². The van der Waals surface area contributed by atoms with Gasteiger partial charge in [-0.1, -0.05) is 42.7 Å². The van der Waals surface area contributed by atoms with Crippen LogP contribution in [0.3, 0.4) is 0 Å². The van der Waals surface area contributed by atoms with Gasteiger partial charge in [0.05, 0.1) is 11.4 Å². The Morgan fingerprint density at radius 2 is 1.92 bits per heavy atom. The third-order valence-electron chi connectivity index (χ3n) is 4.14. The first-order valence-corrected chi connectivity index (χ1v) is 8.55. The number of carbonyl (C=O) groups is 1. The summed E-state index contributed by atoms with van der Waals surface area (Å²) < 4.78 is 1.47. The van der Waals surface area contributed by atoms with Gasteiger partial charge in [-0.2, -0.15) is 5.10 Å². The summed E-state index contributed by atoms with van der Waals surface area (Å²) >= 11 is 5.95. The maximum atomic E-state index is 12.3. The maximum absolute atomic E-state index is 12.3. The zero-order valence-corrected chi connectivity index (χ0v) is 15.5. The van der Waals surface area contributed by atoms with Crippen molar-refractivity contribution >= 4 is 28.8 Å². The minimum atomic E-state index is -0.115. The summed E-state index contributed by atoms with van der Waals surface area (Å²) in [6.45, 7) is 7.46. The molecule has 0 fully saturated rings. The van der Waals surface area contributed by atoms with Crippen molar-refractivity contribution in [2.75, 3.05) is 0 Å². The highest BCUT2D eigenvalue weighted by atomic mass is 35.5. The molecule has 1 aromatic carbocycles. The van der Waals surface area contributed by atoms with E-state index >= 15 is 0 Å². The van der Waals surface area contributed by atoms with E-state index in [0.717, 1.165) is 28.2 Å². The smallest absolute Gasteiger partial charge is 0.249 e. The number of hydrogen-bond donors (Lipinski definition) is 0. The molecule has 0 amide bonds. The van der Waals surface area contributed by atoms with Crippen LogP contribution in [-0.2, 0) is 4.84 Å². The summed E-state index contributed by atoms with van der Waals surface area (Å²) in [4.78, 5) is 17.8. The molecule has 6 heteroatoms. The molecule has 5 nitrogen and oxygen atoms in total. The zero-order chi connectivity index (χ0) is 18.1. The standard InChI is InChI=1S/C19H20ClN3O2/c1-11(2)19(24)23-12(3)9-18(21-23)16-10-17(22-25-13(16)4)14-5-7-15(20)8-6-14/h5-9,11H,10H2,1-4H3. The molecule has 0 saturated carbocycles. The number of aryl methyl sites for hydroxylation is 1. The van der Waals surface area contributed by atoms with E-state index < -0.39 is 0 Å². The van der Waals surface area contributed by atoms with Gasteiger partial charge in [0.2, 0.25) is 5.91 Å². The van der Waals surface area contributed by atoms with Gasteiger partial charge in [0, 0.05) is 28.6 Å². The number of halogens is 1. The Morgan fingerprint density at radius 3 is 2.56 bits per heavy atom. The van der Waals surface area contributed by atoms with Crippen LogP contribution in [0.1, 0.15) is 48.9 Å². The van der Waals surface area contributed by atoms with E-state index in [1.807, 2.05) is 58.0 Å². The maximum Gasteiger partial charge on any atom is 0.249 e. The highest BCUT2D eigenvalue weighted by molar-refractivity contribution is 6.30. The molecule has 0 radical (unpaired) electrons. The van der Waals surface area contributed by atoms with E-state index in [0.29, 0.717) is 17.2 Å². The predicted molar refractivity (Wildman–Crippen MR) is 98.7 cm³/mol. The normalized spacial score (nSPS) is 14.6. The number of carbonyl (C=O) groups excluding carboxylic acids is 1. The van der Waals surface area contributed by atoms with Crippen LogP contribution in [0, 0.1) is 12.8 Å². The minimum Gasteiger partial charge on any atom is -0.361 e. The zero-order valence-electron chi connectivity index (χ0n) is 14.7. The summed E-state index contributed by atoms with van der Waals surface area (Å²) in [5, 5.41) is 9.37. The van der Waals surface area contributed by atoms with Gasteiger partial charge in [0.25, 0.3) is 0 Å². The van der Waals surface area contributed by atoms with Gasteiger partial charge >= 0.3 is 0 Å². The fraction of sp³-hybridized carbons (Fsp3) is 0.316. The van der Waals surface area contributed by atoms with Gasteiger partial charge in [0.15, 0.2) is 0 Å². The third-order valence-corrected chi connectivity index (χ3v) is 4.39. The van der Waals surface area contributed by atoms with Crippen LogP contribution < -0.4 is 0 Å². The first-order chi connectivity index (χ1) is 11.9. The second-order valence-corrected chi connectivity index (χ2v) is 6.86. The van der Waals surface area contributed by atoms with Crippen LogP contribution in [0.4, 0.5) is 0 Å². The van der Waals surface area contributed by atoms with Gasteiger partial charge in [-0.3, -0.25) is 4.79 Å². The lowest BCUT2D eigenvalue weighted by Gasteiger charge is -2.16. The number of rotatable bonds is 3. The van der Waals surface area contributed by atoms with E-state index in [1.165, 1.54) is 4.68 Å². The van der Waals surface area contributed by atoms with Crippen molar-refractivity contribution < 1.29 is 9.63 Å². The van der Waals surface area contributed by atoms with Gasteiger partial charge in [-0.05, 0) is 37.6 Å². The molecule has 0 spiro atoms. The second-order valence-electron chi connectivity index (χ2n) is 6.42.